The smallest absolute Gasteiger partial charge is 0.137 e. The average Bonchev–Trinajstić information content (AvgIpc) is 2.35. The van der Waals surface area contributed by atoms with Gasteiger partial charge in [-0.15, -0.1) is 0 Å². The van der Waals surface area contributed by atoms with Gasteiger partial charge in [0.2, 0.25) is 0 Å². The van der Waals surface area contributed by atoms with E-state index in [9.17, 15) is 4.39 Å². The van der Waals surface area contributed by atoms with Gasteiger partial charge in [-0.1, -0.05) is 41.6 Å². The van der Waals surface area contributed by atoms with E-state index in [0.717, 1.165) is 16.9 Å². The van der Waals surface area contributed by atoms with E-state index in [4.69, 9.17) is 17.3 Å². The molecule has 1 nitrogen and oxygen atoms in total. The molecule has 0 amide bonds. The van der Waals surface area contributed by atoms with Crippen LogP contribution in [-0.2, 0) is 6.42 Å². The van der Waals surface area contributed by atoms with Crippen molar-refractivity contribution < 1.29 is 4.39 Å². The fourth-order valence-corrected chi connectivity index (χ4v) is 2.76. The third-order valence-corrected chi connectivity index (χ3v) is 4.04. The Hall–Kier alpha value is -1.03. The zero-order valence-corrected chi connectivity index (χ0v) is 11.3. The lowest BCUT2D eigenvalue weighted by Gasteiger charge is -2.07. The summed E-state index contributed by atoms with van der Waals surface area (Å²) >= 11 is 7.51. The van der Waals surface area contributed by atoms with Gasteiger partial charge in [0.25, 0.3) is 0 Å². The molecule has 0 atom stereocenters. The first-order valence-electron chi connectivity index (χ1n) is 5.61. The highest BCUT2D eigenvalue weighted by Crippen LogP contribution is 2.35. The SMILES string of the molecule is NCCc1ccc(Sc2ccccc2F)c(Cl)c1. The van der Waals surface area contributed by atoms with Crippen LogP contribution in [0.5, 0.6) is 0 Å². The van der Waals surface area contributed by atoms with Crippen molar-refractivity contribution in [2.45, 2.75) is 16.2 Å². The van der Waals surface area contributed by atoms with Crippen molar-refractivity contribution in [3.8, 4) is 0 Å². The van der Waals surface area contributed by atoms with E-state index in [0.29, 0.717) is 16.5 Å². The van der Waals surface area contributed by atoms with Crippen molar-refractivity contribution in [3.05, 3.63) is 58.9 Å². The molecular formula is C14H13ClFNS. The maximum absolute atomic E-state index is 13.5. The van der Waals surface area contributed by atoms with E-state index in [2.05, 4.69) is 0 Å². The summed E-state index contributed by atoms with van der Waals surface area (Å²) in [4.78, 5) is 1.42. The van der Waals surface area contributed by atoms with Crippen LogP contribution in [0.2, 0.25) is 5.02 Å². The second kappa shape index (κ2) is 6.23. The predicted molar refractivity (Wildman–Crippen MR) is 74.7 cm³/mol. The Kier molecular flexibility index (Phi) is 4.64. The zero-order valence-electron chi connectivity index (χ0n) is 9.70. The minimum Gasteiger partial charge on any atom is -0.330 e. The van der Waals surface area contributed by atoms with Gasteiger partial charge in [0.1, 0.15) is 5.82 Å². The van der Waals surface area contributed by atoms with Gasteiger partial charge in [-0.2, -0.15) is 0 Å². The van der Waals surface area contributed by atoms with Crippen LogP contribution in [0, 0.1) is 5.82 Å². The van der Waals surface area contributed by atoms with E-state index < -0.39 is 0 Å². The van der Waals surface area contributed by atoms with Gasteiger partial charge in [-0.25, -0.2) is 4.39 Å². The fraction of sp³-hybridized carbons (Fsp3) is 0.143. The van der Waals surface area contributed by atoms with Crippen molar-refractivity contribution >= 4 is 23.4 Å². The molecule has 0 bridgehead atoms. The lowest BCUT2D eigenvalue weighted by molar-refractivity contribution is 0.602. The molecule has 4 heteroatoms. The van der Waals surface area contributed by atoms with Crippen LogP contribution in [0.15, 0.2) is 52.3 Å². The maximum atomic E-state index is 13.5. The largest absolute Gasteiger partial charge is 0.330 e. The predicted octanol–water partition coefficient (Wildman–Crippen LogP) is 4.13. The topological polar surface area (TPSA) is 26.0 Å². The standard InChI is InChI=1S/C14H13ClFNS/c15-11-9-10(7-8-17)5-6-13(11)18-14-4-2-1-3-12(14)16/h1-6,9H,7-8,17H2. The Labute approximate surface area is 115 Å². The minimum atomic E-state index is -0.232. The minimum absolute atomic E-state index is 0.232. The molecule has 0 spiro atoms. The Morgan fingerprint density at radius 3 is 2.56 bits per heavy atom. The summed E-state index contributed by atoms with van der Waals surface area (Å²) in [6.45, 7) is 0.593. The van der Waals surface area contributed by atoms with Crippen LogP contribution in [-0.4, -0.2) is 6.54 Å². The summed E-state index contributed by atoms with van der Waals surface area (Å²) in [7, 11) is 0. The molecule has 0 heterocycles. The Bertz CT molecular complexity index is 545. The first kappa shape index (κ1) is 13.4. The van der Waals surface area contributed by atoms with E-state index in [1.54, 1.807) is 12.1 Å². The fourth-order valence-electron chi connectivity index (χ4n) is 1.60. The van der Waals surface area contributed by atoms with Gasteiger partial charge in [-0.3, -0.25) is 0 Å². The number of hydrogen-bond donors (Lipinski definition) is 1. The lowest BCUT2D eigenvalue weighted by Crippen LogP contribution is -2.02. The molecule has 2 N–H and O–H groups in total. The van der Waals surface area contributed by atoms with Crippen LogP contribution in [0.1, 0.15) is 5.56 Å². The number of hydrogen-bond acceptors (Lipinski definition) is 2. The molecule has 0 aliphatic heterocycles. The molecule has 0 saturated heterocycles. The normalized spacial score (nSPS) is 10.6. The highest BCUT2D eigenvalue weighted by Gasteiger charge is 2.07. The van der Waals surface area contributed by atoms with Gasteiger partial charge >= 0.3 is 0 Å². The summed E-state index contributed by atoms with van der Waals surface area (Å²) in [5.74, 6) is -0.232. The third kappa shape index (κ3) is 3.25. The number of rotatable bonds is 4. The molecule has 0 aromatic heterocycles. The third-order valence-electron chi connectivity index (χ3n) is 2.49. The molecule has 0 saturated carbocycles. The van der Waals surface area contributed by atoms with Crippen LogP contribution in [0.25, 0.3) is 0 Å². The maximum Gasteiger partial charge on any atom is 0.137 e. The average molecular weight is 282 g/mol. The molecule has 94 valence electrons. The number of halogens is 2. The Morgan fingerprint density at radius 2 is 1.89 bits per heavy atom. The first-order chi connectivity index (χ1) is 8.70. The molecule has 2 rings (SSSR count). The highest BCUT2D eigenvalue weighted by molar-refractivity contribution is 7.99. The number of nitrogens with two attached hydrogens (primary N) is 1. The first-order valence-corrected chi connectivity index (χ1v) is 6.81. The molecular weight excluding hydrogens is 269 g/mol. The van der Waals surface area contributed by atoms with E-state index in [1.165, 1.54) is 17.8 Å². The Morgan fingerprint density at radius 1 is 1.11 bits per heavy atom. The molecule has 2 aromatic rings. The second-order valence-corrected chi connectivity index (χ2v) is 5.33. The van der Waals surface area contributed by atoms with Crippen LogP contribution >= 0.6 is 23.4 Å². The van der Waals surface area contributed by atoms with E-state index in [1.807, 2.05) is 24.3 Å². The summed E-state index contributed by atoms with van der Waals surface area (Å²) in [6.07, 6.45) is 0.796. The van der Waals surface area contributed by atoms with Crippen LogP contribution in [0.3, 0.4) is 0 Å². The van der Waals surface area contributed by atoms with Gasteiger partial charge in [0.15, 0.2) is 0 Å². The summed E-state index contributed by atoms with van der Waals surface area (Å²) in [5.41, 5.74) is 6.59. The molecule has 0 unspecified atom stereocenters. The van der Waals surface area contributed by atoms with Crippen molar-refractivity contribution in [3.63, 3.8) is 0 Å². The van der Waals surface area contributed by atoms with Crippen molar-refractivity contribution in [2.75, 3.05) is 6.54 Å². The van der Waals surface area contributed by atoms with Crippen molar-refractivity contribution in [1.82, 2.24) is 0 Å². The molecule has 2 aromatic carbocycles. The molecule has 0 aliphatic carbocycles. The van der Waals surface area contributed by atoms with Gasteiger partial charge < -0.3 is 5.73 Å². The van der Waals surface area contributed by atoms with Crippen molar-refractivity contribution in [1.29, 1.82) is 0 Å². The molecule has 0 aliphatic rings. The van der Waals surface area contributed by atoms with Gasteiger partial charge in [0.05, 0.1) is 5.02 Å². The second-order valence-electron chi connectivity index (χ2n) is 3.84. The summed E-state index contributed by atoms with van der Waals surface area (Å²) < 4.78 is 13.5. The summed E-state index contributed by atoms with van der Waals surface area (Å²) in [6, 6.07) is 12.4. The van der Waals surface area contributed by atoms with Crippen molar-refractivity contribution in [2.24, 2.45) is 5.73 Å². The highest BCUT2D eigenvalue weighted by atomic mass is 35.5. The van der Waals surface area contributed by atoms with Crippen LogP contribution < -0.4 is 5.73 Å². The van der Waals surface area contributed by atoms with Gasteiger partial charge in [0, 0.05) is 9.79 Å². The Balaban J connectivity index is 2.22. The van der Waals surface area contributed by atoms with E-state index >= 15 is 0 Å². The number of benzene rings is 2. The monoisotopic (exact) mass is 281 g/mol. The zero-order chi connectivity index (χ0) is 13.0. The van der Waals surface area contributed by atoms with E-state index in [-0.39, 0.29) is 5.82 Å². The molecule has 0 fully saturated rings. The van der Waals surface area contributed by atoms with Crippen LogP contribution in [0.4, 0.5) is 4.39 Å². The molecule has 18 heavy (non-hydrogen) atoms. The lowest BCUT2D eigenvalue weighted by atomic mass is 10.1. The molecule has 0 radical (unpaired) electrons. The quantitative estimate of drug-likeness (QED) is 0.912. The summed E-state index contributed by atoms with van der Waals surface area (Å²) in [5, 5.41) is 0.634. The van der Waals surface area contributed by atoms with Gasteiger partial charge in [-0.05, 0) is 42.8 Å².